The maximum absolute atomic E-state index is 12.0. The van der Waals surface area contributed by atoms with Crippen LogP contribution in [-0.2, 0) is 0 Å². The number of benzene rings is 1. The normalized spacial score (nSPS) is 20.1. The first kappa shape index (κ1) is 12.3. The van der Waals surface area contributed by atoms with Gasteiger partial charge >= 0.3 is 6.03 Å². The Labute approximate surface area is 108 Å². The number of carbonyl (C=O) groups is 1. The number of urea groups is 1. The van der Waals surface area contributed by atoms with Crippen LogP contribution in [0.1, 0.15) is 19.8 Å². The second-order valence-corrected chi connectivity index (χ2v) is 5.12. The Hall–Kier alpha value is -1.16. The number of anilines is 1. The van der Waals surface area contributed by atoms with Crippen molar-refractivity contribution in [2.45, 2.75) is 24.7 Å². The number of hydrogen-bond donors (Lipinski definition) is 2. The monoisotopic (exact) mass is 250 g/mol. The number of hydrogen-bond acceptors (Lipinski definition) is 2. The van der Waals surface area contributed by atoms with Gasteiger partial charge in [-0.3, -0.25) is 0 Å². The zero-order valence-corrected chi connectivity index (χ0v) is 10.9. The Morgan fingerprint density at radius 1 is 1.47 bits per heavy atom. The van der Waals surface area contributed by atoms with Gasteiger partial charge in [-0.05, 0) is 30.9 Å². The molecule has 1 aliphatic heterocycles. The molecule has 0 radical (unpaired) electrons. The fourth-order valence-electron chi connectivity index (χ4n) is 2.15. The SMILES string of the molecule is CC1CCCN(C(=O)Nc2ccccc2S)C1. The number of thiol groups is 1. The highest BCUT2D eigenvalue weighted by atomic mass is 32.1. The van der Waals surface area contributed by atoms with Crippen LogP contribution >= 0.6 is 12.6 Å². The predicted octanol–water partition coefficient (Wildman–Crippen LogP) is 3.24. The van der Waals surface area contributed by atoms with Crippen LogP contribution in [0.2, 0.25) is 0 Å². The van der Waals surface area contributed by atoms with Gasteiger partial charge in [0.2, 0.25) is 0 Å². The van der Waals surface area contributed by atoms with E-state index in [-0.39, 0.29) is 6.03 Å². The molecule has 0 bridgehead atoms. The molecule has 1 aromatic rings. The van der Waals surface area contributed by atoms with Gasteiger partial charge in [0.1, 0.15) is 0 Å². The Bertz CT molecular complexity index is 408. The number of piperidine rings is 1. The summed E-state index contributed by atoms with van der Waals surface area (Å²) in [5.41, 5.74) is 0.777. The lowest BCUT2D eigenvalue weighted by molar-refractivity contribution is 0.182. The molecule has 0 aliphatic carbocycles. The highest BCUT2D eigenvalue weighted by Gasteiger charge is 2.21. The third-order valence-corrected chi connectivity index (χ3v) is 3.48. The molecular formula is C13H18N2OS. The molecule has 0 saturated carbocycles. The molecule has 1 unspecified atom stereocenters. The van der Waals surface area contributed by atoms with Crippen LogP contribution in [0.4, 0.5) is 10.5 Å². The van der Waals surface area contributed by atoms with Crippen LogP contribution in [0, 0.1) is 5.92 Å². The smallest absolute Gasteiger partial charge is 0.321 e. The number of likely N-dealkylation sites (tertiary alicyclic amines) is 1. The molecular weight excluding hydrogens is 232 g/mol. The number of nitrogens with zero attached hydrogens (tertiary/aromatic N) is 1. The van der Waals surface area contributed by atoms with Gasteiger partial charge in [0.05, 0.1) is 5.69 Å². The second-order valence-electron chi connectivity index (χ2n) is 4.64. The van der Waals surface area contributed by atoms with Crippen LogP contribution in [0.15, 0.2) is 29.2 Å². The van der Waals surface area contributed by atoms with Crippen molar-refractivity contribution in [2.24, 2.45) is 5.92 Å². The van der Waals surface area contributed by atoms with E-state index in [2.05, 4.69) is 24.9 Å². The largest absolute Gasteiger partial charge is 0.324 e. The van der Waals surface area contributed by atoms with E-state index in [0.717, 1.165) is 30.1 Å². The minimum atomic E-state index is -0.0157. The first-order valence-corrected chi connectivity index (χ1v) is 6.45. The molecule has 0 aromatic heterocycles. The minimum absolute atomic E-state index is 0.0157. The van der Waals surface area contributed by atoms with Crippen LogP contribution in [-0.4, -0.2) is 24.0 Å². The van der Waals surface area contributed by atoms with Crippen molar-refractivity contribution < 1.29 is 4.79 Å². The number of nitrogens with one attached hydrogen (secondary N) is 1. The van der Waals surface area contributed by atoms with Crippen molar-refractivity contribution >= 4 is 24.3 Å². The lowest BCUT2D eigenvalue weighted by Crippen LogP contribution is -2.41. The van der Waals surface area contributed by atoms with Gasteiger partial charge in [-0.2, -0.15) is 0 Å². The molecule has 1 atom stereocenters. The topological polar surface area (TPSA) is 32.3 Å². The maximum atomic E-state index is 12.0. The van der Waals surface area contributed by atoms with Crippen LogP contribution in [0.5, 0.6) is 0 Å². The first-order chi connectivity index (χ1) is 8.16. The van der Waals surface area contributed by atoms with Crippen LogP contribution in [0.25, 0.3) is 0 Å². The summed E-state index contributed by atoms with van der Waals surface area (Å²) < 4.78 is 0. The average molecular weight is 250 g/mol. The summed E-state index contributed by atoms with van der Waals surface area (Å²) in [6.45, 7) is 3.89. The molecule has 2 amide bonds. The number of para-hydroxylation sites is 1. The molecule has 0 spiro atoms. The molecule has 1 aliphatic rings. The third kappa shape index (κ3) is 3.16. The van der Waals surface area contributed by atoms with E-state index in [0.29, 0.717) is 5.92 Å². The van der Waals surface area contributed by atoms with Crippen LogP contribution in [0.3, 0.4) is 0 Å². The molecule has 1 N–H and O–H groups in total. The van der Waals surface area contributed by atoms with Gasteiger partial charge in [-0.15, -0.1) is 12.6 Å². The summed E-state index contributed by atoms with van der Waals surface area (Å²) >= 11 is 4.32. The van der Waals surface area contributed by atoms with E-state index < -0.39 is 0 Å². The Kier molecular flexibility index (Phi) is 3.94. The summed E-state index contributed by atoms with van der Waals surface area (Å²) in [5, 5.41) is 2.91. The van der Waals surface area contributed by atoms with E-state index in [1.807, 2.05) is 29.2 Å². The zero-order chi connectivity index (χ0) is 12.3. The second kappa shape index (κ2) is 5.45. The fourth-order valence-corrected chi connectivity index (χ4v) is 2.36. The summed E-state index contributed by atoms with van der Waals surface area (Å²) in [6.07, 6.45) is 2.31. The van der Waals surface area contributed by atoms with Crippen molar-refractivity contribution in [1.29, 1.82) is 0 Å². The summed E-state index contributed by atoms with van der Waals surface area (Å²) in [6, 6.07) is 7.53. The van der Waals surface area contributed by atoms with Crippen molar-refractivity contribution in [1.82, 2.24) is 4.90 Å². The van der Waals surface area contributed by atoms with Gasteiger partial charge in [-0.25, -0.2) is 4.79 Å². The van der Waals surface area contributed by atoms with E-state index in [4.69, 9.17) is 0 Å². The minimum Gasteiger partial charge on any atom is -0.324 e. The van der Waals surface area contributed by atoms with Gasteiger partial charge in [0.15, 0.2) is 0 Å². The zero-order valence-electron chi connectivity index (χ0n) is 10.0. The van der Waals surface area contributed by atoms with Gasteiger partial charge in [-0.1, -0.05) is 19.1 Å². The van der Waals surface area contributed by atoms with Crippen LogP contribution < -0.4 is 5.32 Å². The lowest BCUT2D eigenvalue weighted by atomic mass is 10.0. The van der Waals surface area contributed by atoms with E-state index in [9.17, 15) is 4.79 Å². The Morgan fingerprint density at radius 3 is 2.94 bits per heavy atom. The lowest BCUT2D eigenvalue weighted by Gasteiger charge is -2.31. The van der Waals surface area contributed by atoms with E-state index in [1.165, 1.54) is 6.42 Å². The maximum Gasteiger partial charge on any atom is 0.321 e. The molecule has 4 heteroatoms. The number of amides is 2. The molecule has 2 rings (SSSR count). The van der Waals surface area contributed by atoms with E-state index >= 15 is 0 Å². The fraction of sp³-hybridized carbons (Fsp3) is 0.462. The molecule has 1 aromatic carbocycles. The first-order valence-electron chi connectivity index (χ1n) is 6.00. The van der Waals surface area contributed by atoms with Gasteiger partial charge in [0, 0.05) is 18.0 Å². The molecule has 92 valence electrons. The molecule has 1 heterocycles. The molecule has 1 fully saturated rings. The standard InChI is InChI=1S/C13H18N2OS/c1-10-5-4-8-15(9-10)13(16)14-11-6-2-3-7-12(11)17/h2-3,6-7,10,17H,4-5,8-9H2,1H3,(H,14,16). The van der Waals surface area contributed by atoms with E-state index in [1.54, 1.807) is 0 Å². The van der Waals surface area contributed by atoms with Crippen molar-refractivity contribution in [2.75, 3.05) is 18.4 Å². The highest BCUT2D eigenvalue weighted by molar-refractivity contribution is 7.80. The predicted molar refractivity (Wildman–Crippen MR) is 72.7 cm³/mol. The summed E-state index contributed by atoms with van der Waals surface area (Å²) in [7, 11) is 0. The molecule has 1 saturated heterocycles. The van der Waals surface area contributed by atoms with Gasteiger partial charge < -0.3 is 10.2 Å². The molecule has 17 heavy (non-hydrogen) atoms. The average Bonchev–Trinajstić information content (AvgIpc) is 2.32. The summed E-state index contributed by atoms with van der Waals surface area (Å²) in [5.74, 6) is 0.598. The number of carbonyl (C=O) groups excluding carboxylic acids is 1. The number of rotatable bonds is 1. The Morgan fingerprint density at radius 2 is 2.24 bits per heavy atom. The van der Waals surface area contributed by atoms with Crippen molar-refractivity contribution in [3.05, 3.63) is 24.3 Å². The quantitative estimate of drug-likeness (QED) is 0.737. The Balaban J connectivity index is 1.99. The molecule has 3 nitrogen and oxygen atoms in total. The summed E-state index contributed by atoms with van der Waals surface area (Å²) in [4.78, 5) is 14.7. The highest BCUT2D eigenvalue weighted by Crippen LogP contribution is 2.21. The third-order valence-electron chi connectivity index (χ3n) is 3.09. The van der Waals surface area contributed by atoms with Crippen molar-refractivity contribution in [3.8, 4) is 0 Å². The van der Waals surface area contributed by atoms with Crippen molar-refractivity contribution in [3.63, 3.8) is 0 Å². The van der Waals surface area contributed by atoms with Gasteiger partial charge in [0.25, 0.3) is 0 Å².